The van der Waals surface area contributed by atoms with Crippen molar-refractivity contribution in [3.63, 3.8) is 0 Å². The number of benzene rings is 1. The number of carboxylic acids is 1. The van der Waals surface area contributed by atoms with Gasteiger partial charge in [-0.05, 0) is 24.3 Å². The minimum absolute atomic E-state index is 0.0507. The SMILES string of the molecule is N#Cc1ccc(OCC(=O)NC2(C(=O)O)CCOC2)cc1. The number of carbonyl (C=O) groups is 2. The van der Waals surface area contributed by atoms with Crippen molar-refractivity contribution >= 4 is 11.9 Å². The Labute approximate surface area is 121 Å². The molecule has 110 valence electrons. The summed E-state index contributed by atoms with van der Waals surface area (Å²) in [6.07, 6.45) is 0.227. The Morgan fingerprint density at radius 1 is 1.43 bits per heavy atom. The summed E-state index contributed by atoms with van der Waals surface area (Å²) in [5.41, 5.74) is -0.884. The molecule has 21 heavy (non-hydrogen) atoms. The van der Waals surface area contributed by atoms with Crippen molar-refractivity contribution in [2.24, 2.45) is 0 Å². The lowest BCUT2D eigenvalue weighted by Gasteiger charge is -2.23. The average Bonchev–Trinajstić information content (AvgIpc) is 2.95. The zero-order valence-corrected chi connectivity index (χ0v) is 11.2. The Balaban J connectivity index is 1.89. The Bertz CT molecular complexity index is 570. The van der Waals surface area contributed by atoms with E-state index < -0.39 is 17.4 Å². The van der Waals surface area contributed by atoms with Gasteiger partial charge in [-0.25, -0.2) is 4.79 Å². The van der Waals surface area contributed by atoms with Crippen LogP contribution in [0, 0.1) is 11.3 Å². The van der Waals surface area contributed by atoms with Crippen molar-refractivity contribution in [2.75, 3.05) is 19.8 Å². The first kappa shape index (κ1) is 14.8. The summed E-state index contributed by atoms with van der Waals surface area (Å²) >= 11 is 0. The second kappa shape index (κ2) is 6.24. The number of nitriles is 1. The van der Waals surface area contributed by atoms with Crippen LogP contribution >= 0.6 is 0 Å². The molecule has 1 saturated heterocycles. The van der Waals surface area contributed by atoms with Gasteiger partial charge in [0.05, 0.1) is 18.2 Å². The standard InChI is InChI=1S/C14H14N2O5/c15-7-10-1-3-11(4-2-10)21-8-12(17)16-14(13(18)19)5-6-20-9-14/h1-4H,5-6,8-9H2,(H,16,17)(H,18,19). The van der Waals surface area contributed by atoms with Gasteiger partial charge in [0.25, 0.3) is 5.91 Å². The summed E-state index contributed by atoms with van der Waals surface area (Å²) in [7, 11) is 0. The normalized spacial score (nSPS) is 20.5. The number of carboxylic acid groups (broad SMARTS) is 1. The second-order valence-electron chi connectivity index (χ2n) is 4.66. The number of hydrogen-bond donors (Lipinski definition) is 2. The van der Waals surface area contributed by atoms with Crippen LogP contribution in [0.5, 0.6) is 5.75 Å². The van der Waals surface area contributed by atoms with E-state index >= 15 is 0 Å². The lowest BCUT2D eigenvalue weighted by molar-refractivity contribution is -0.148. The number of hydrogen-bond acceptors (Lipinski definition) is 5. The Morgan fingerprint density at radius 2 is 2.14 bits per heavy atom. The summed E-state index contributed by atoms with van der Waals surface area (Å²) in [5, 5.41) is 20.3. The Hall–Kier alpha value is -2.59. The smallest absolute Gasteiger partial charge is 0.331 e. The molecule has 1 aliphatic heterocycles. The molecule has 1 fully saturated rings. The lowest BCUT2D eigenvalue weighted by atomic mass is 9.99. The Kier molecular flexibility index (Phi) is 4.40. The fourth-order valence-corrected chi connectivity index (χ4v) is 1.96. The molecule has 0 saturated carbocycles. The Morgan fingerprint density at radius 3 is 2.67 bits per heavy atom. The van der Waals surface area contributed by atoms with E-state index in [1.54, 1.807) is 24.3 Å². The third-order valence-electron chi connectivity index (χ3n) is 3.16. The molecule has 0 spiro atoms. The minimum Gasteiger partial charge on any atom is -0.484 e. The molecule has 0 bridgehead atoms. The fraction of sp³-hybridized carbons (Fsp3) is 0.357. The van der Waals surface area contributed by atoms with E-state index in [1.807, 2.05) is 6.07 Å². The van der Waals surface area contributed by atoms with Crippen LogP contribution in [0.4, 0.5) is 0 Å². The molecule has 0 aromatic heterocycles. The van der Waals surface area contributed by atoms with Crippen LogP contribution in [0.3, 0.4) is 0 Å². The molecular formula is C14H14N2O5. The van der Waals surface area contributed by atoms with Crippen molar-refractivity contribution in [2.45, 2.75) is 12.0 Å². The van der Waals surface area contributed by atoms with Crippen molar-refractivity contribution < 1.29 is 24.2 Å². The van der Waals surface area contributed by atoms with Crippen LogP contribution in [0.15, 0.2) is 24.3 Å². The lowest BCUT2D eigenvalue weighted by Crippen LogP contribution is -2.56. The van der Waals surface area contributed by atoms with Crippen molar-refractivity contribution in [3.05, 3.63) is 29.8 Å². The quantitative estimate of drug-likeness (QED) is 0.807. The average molecular weight is 290 g/mol. The van der Waals surface area contributed by atoms with Crippen LogP contribution in [-0.2, 0) is 14.3 Å². The predicted molar refractivity (Wildman–Crippen MR) is 70.6 cm³/mol. The number of ether oxygens (including phenoxy) is 2. The molecule has 2 N–H and O–H groups in total. The van der Waals surface area contributed by atoms with Crippen LogP contribution in [0.25, 0.3) is 0 Å². The van der Waals surface area contributed by atoms with Crippen LogP contribution in [0.1, 0.15) is 12.0 Å². The molecule has 0 aliphatic carbocycles. The highest BCUT2D eigenvalue weighted by atomic mass is 16.5. The molecule has 1 unspecified atom stereocenters. The summed E-state index contributed by atoms with van der Waals surface area (Å²) in [6, 6.07) is 8.24. The maximum atomic E-state index is 11.8. The molecule has 7 heteroatoms. The number of carbonyl (C=O) groups excluding carboxylic acids is 1. The molecular weight excluding hydrogens is 276 g/mol. The molecule has 7 nitrogen and oxygen atoms in total. The van der Waals surface area contributed by atoms with Gasteiger partial charge >= 0.3 is 5.97 Å². The second-order valence-corrected chi connectivity index (χ2v) is 4.66. The van der Waals surface area contributed by atoms with Gasteiger partial charge in [0.2, 0.25) is 0 Å². The van der Waals surface area contributed by atoms with E-state index in [0.717, 1.165) is 0 Å². The maximum absolute atomic E-state index is 11.8. The predicted octanol–water partition coefficient (Wildman–Crippen LogP) is 0.297. The molecule has 2 rings (SSSR count). The van der Waals surface area contributed by atoms with Crippen molar-refractivity contribution in [1.82, 2.24) is 5.32 Å². The molecule has 0 radical (unpaired) electrons. The van der Waals surface area contributed by atoms with Gasteiger partial charge in [0, 0.05) is 13.0 Å². The van der Waals surface area contributed by atoms with E-state index in [2.05, 4.69) is 5.32 Å². The van der Waals surface area contributed by atoms with Crippen molar-refractivity contribution in [1.29, 1.82) is 5.26 Å². The largest absolute Gasteiger partial charge is 0.484 e. The molecule has 1 amide bonds. The number of nitrogens with one attached hydrogen (secondary N) is 1. The summed E-state index contributed by atoms with van der Waals surface area (Å²) in [5.74, 6) is -1.23. The van der Waals surface area contributed by atoms with Gasteiger partial charge in [-0.3, -0.25) is 4.79 Å². The fourth-order valence-electron chi connectivity index (χ4n) is 1.96. The highest BCUT2D eigenvalue weighted by molar-refractivity contribution is 5.88. The summed E-state index contributed by atoms with van der Waals surface area (Å²) < 4.78 is 10.3. The first-order valence-corrected chi connectivity index (χ1v) is 6.31. The third-order valence-corrected chi connectivity index (χ3v) is 3.16. The number of aliphatic carboxylic acids is 1. The van der Waals surface area contributed by atoms with Crippen LogP contribution in [-0.4, -0.2) is 42.3 Å². The van der Waals surface area contributed by atoms with E-state index in [9.17, 15) is 14.7 Å². The van der Waals surface area contributed by atoms with Gasteiger partial charge in [0.15, 0.2) is 12.1 Å². The molecule has 1 heterocycles. The van der Waals surface area contributed by atoms with Gasteiger partial charge in [0.1, 0.15) is 5.75 Å². The van der Waals surface area contributed by atoms with E-state index in [-0.39, 0.29) is 19.6 Å². The first-order chi connectivity index (χ1) is 10.1. The monoisotopic (exact) mass is 290 g/mol. The van der Waals surface area contributed by atoms with Gasteiger partial charge < -0.3 is 19.9 Å². The van der Waals surface area contributed by atoms with E-state index in [0.29, 0.717) is 17.9 Å². The zero-order chi connectivity index (χ0) is 15.3. The van der Waals surface area contributed by atoms with Gasteiger partial charge in [-0.2, -0.15) is 5.26 Å². The van der Waals surface area contributed by atoms with Crippen LogP contribution < -0.4 is 10.1 Å². The van der Waals surface area contributed by atoms with E-state index in [4.69, 9.17) is 14.7 Å². The highest BCUT2D eigenvalue weighted by Gasteiger charge is 2.43. The van der Waals surface area contributed by atoms with Crippen molar-refractivity contribution in [3.8, 4) is 11.8 Å². The van der Waals surface area contributed by atoms with Gasteiger partial charge in [-0.15, -0.1) is 0 Å². The first-order valence-electron chi connectivity index (χ1n) is 6.31. The van der Waals surface area contributed by atoms with E-state index in [1.165, 1.54) is 0 Å². The van der Waals surface area contributed by atoms with Crippen LogP contribution in [0.2, 0.25) is 0 Å². The summed E-state index contributed by atoms with van der Waals surface area (Å²) in [6.45, 7) is -0.0606. The van der Waals surface area contributed by atoms with Gasteiger partial charge in [-0.1, -0.05) is 0 Å². The summed E-state index contributed by atoms with van der Waals surface area (Å²) in [4.78, 5) is 23.0. The topological polar surface area (TPSA) is 109 Å². The number of nitrogens with zero attached hydrogens (tertiary/aromatic N) is 1. The number of amides is 1. The highest BCUT2D eigenvalue weighted by Crippen LogP contribution is 2.19. The number of rotatable bonds is 5. The minimum atomic E-state index is -1.37. The zero-order valence-electron chi connectivity index (χ0n) is 11.2. The molecule has 1 atom stereocenters. The molecule has 1 aromatic rings. The molecule has 1 aliphatic rings. The maximum Gasteiger partial charge on any atom is 0.331 e. The molecule has 1 aromatic carbocycles. The third kappa shape index (κ3) is 3.49.